The minimum absolute atomic E-state index is 0.191. The van der Waals surface area contributed by atoms with Gasteiger partial charge in [0.05, 0.1) is 25.2 Å². The number of halogens is 1. The Morgan fingerprint density at radius 3 is 2.38 bits per heavy atom. The first-order chi connectivity index (χ1) is 10.0. The van der Waals surface area contributed by atoms with Crippen LogP contribution in [0.1, 0.15) is 32.8 Å². The predicted molar refractivity (Wildman–Crippen MR) is 84.8 cm³/mol. The molecule has 0 aliphatic carbocycles. The predicted octanol–water partition coefficient (Wildman–Crippen LogP) is 3.92. The fourth-order valence-electron chi connectivity index (χ4n) is 1.86. The average Bonchev–Trinajstić information content (AvgIpc) is 2.47. The molecular weight excluding hydrogens is 336 g/mol. The van der Waals surface area contributed by atoms with E-state index in [9.17, 15) is 4.79 Å². The lowest BCUT2D eigenvalue weighted by molar-refractivity contribution is -0.305. The summed E-state index contributed by atoms with van der Waals surface area (Å²) in [6, 6.07) is 8.07. The van der Waals surface area contributed by atoms with Gasteiger partial charge in [-0.05, 0) is 51.3 Å². The maximum absolute atomic E-state index is 12.2. The molecule has 21 heavy (non-hydrogen) atoms. The minimum Gasteiger partial charge on any atom is -0.466 e. The Balaban J connectivity index is 2.66. The van der Waals surface area contributed by atoms with Crippen LogP contribution in [0.5, 0.6) is 0 Å². The molecular formula is C16H23BrO4. The van der Waals surface area contributed by atoms with Gasteiger partial charge in [0.25, 0.3) is 0 Å². The summed E-state index contributed by atoms with van der Waals surface area (Å²) in [5, 5.41) is 0. The maximum atomic E-state index is 12.2. The molecule has 4 nitrogen and oxygen atoms in total. The lowest BCUT2D eigenvalue weighted by Gasteiger charge is -2.26. The molecule has 1 unspecified atom stereocenters. The highest BCUT2D eigenvalue weighted by atomic mass is 79.9. The third kappa shape index (κ3) is 6.16. The summed E-state index contributed by atoms with van der Waals surface area (Å²) < 4.78 is 6.20. The van der Waals surface area contributed by atoms with Crippen LogP contribution in [0.4, 0.5) is 0 Å². The average molecular weight is 359 g/mol. The highest BCUT2D eigenvalue weighted by molar-refractivity contribution is 9.10. The molecule has 1 aromatic rings. The molecule has 0 amide bonds. The van der Waals surface area contributed by atoms with Crippen LogP contribution < -0.4 is 0 Å². The molecule has 0 saturated carbocycles. The molecule has 0 aliphatic rings. The molecule has 5 heteroatoms. The van der Waals surface area contributed by atoms with E-state index >= 15 is 0 Å². The summed E-state index contributed by atoms with van der Waals surface area (Å²) in [7, 11) is 0. The normalized spacial score (nSPS) is 13.7. The van der Waals surface area contributed by atoms with Crippen LogP contribution in [-0.2, 0) is 25.7 Å². The van der Waals surface area contributed by atoms with Crippen molar-refractivity contribution in [3.63, 3.8) is 0 Å². The Hall–Kier alpha value is -0.910. The quantitative estimate of drug-likeness (QED) is 0.290. The second kappa shape index (κ2) is 9.18. The first kappa shape index (κ1) is 18.1. The van der Waals surface area contributed by atoms with Gasteiger partial charge in [-0.3, -0.25) is 4.79 Å². The summed E-state index contributed by atoms with van der Waals surface area (Å²) >= 11 is 3.41. The smallest absolute Gasteiger partial charge is 0.314 e. The molecule has 1 atom stereocenters. The molecule has 0 N–H and O–H groups in total. The van der Waals surface area contributed by atoms with Gasteiger partial charge < -0.3 is 4.74 Å². The van der Waals surface area contributed by atoms with Crippen molar-refractivity contribution in [2.45, 2.75) is 33.6 Å². The largest absolute Gasteiger partial charge is 0.466 e. The van der Waals surface area contributed by atoms with E-state index in [0.717, 1.165) is 10.9 Å². The molecule has 0 aliphatic heterocycles. The van der Waals surface area contributed by atoms with Crippen molar-refractivity contribution in [2.75, 3.05) is 19.8 Å². The fourth-order valence-corrected chi connectivity index (χ4v) is 2.13. The summed E-state index contributed by atoms with van der Waals surface area (Å²) in [5.74, 6) is -0.248. The molecule has 0 aromatic heterocycles. The lowest BCUT2D eigenvalue weighted by atomic mass is 9.85. The number of benzene rings is 1. The number of ether oxygens (including phenoxy) is 1. The Kier molecular flexibility index (Phi) is 7.93. The highest BCUT2D eigenvalue weighted by Gasteiger charge is 2.35. The van der Waals surface area contributed by atoms with Gasteiger partial charge in [-0.1, -0.05) is 28.1 Å². The van der Waals surface area contributed by atoms with E-state index in [1.807, 2.05) is 38.1 Å². The zero-order chi connectivity index (χ0) is 15.7. The molecule has 1 aromatic carbocycles. The summed E-state index contributed by atoms with van der Waals surface area (Å²) in [5.41, 5.74) is 0.461. The van der Waals surface area contributed by atoms with Crippen molar-refractivity contribution in [1.82, 2.24) is 0 Å². The Morgan fingerprint density at radius 2 is 1.81 bits per heavy atom. The number of aryl methyl sites for hydroxylation is 1. The van der Waals surface area contributed by atoms with Crippen LogP contribution >= 0.6 is 15.9 Å². The summed E-state index contributed by atoms with van der Waals surface area (Å²) in [4.78, 5) is 22.2. The maximum Gasteiger partial charge on any atom is 0.314 e. The second-order valence-corrected chi connectivity index (χ2v) is 5.99. The molecule has 0 fully saturated rings. The number of esters is 1. The van der Waals surface area contributed by atoms with E-state index in [4.69, 9.17) is 14.5 Å². The third-order valence-electron chi connectivity index (χ3n) is 3.23. The zero-order valence-electron chi connectivity index (χ0n) is 12.9. The first-order valence-corrected chi connectivity index (χ1v) is 7.97. The van der Waals surface area contributed by atoms with E-state index < -0.39 is 5.41 Å². The third-order valence-corrected chi connectivity index (χ3v) is 3.75. The van der Waals surface area contributed by atoms with E-state index in [-0.39, 0.29) is 12.6 Å². The van der Waals surface area contributed by atoms with Gasteiger partial charge >= 0.3 is 5.97 Å². The van der Waals surface area contributed by atoms with Crippen molar-refractivity contribution in [1.29, 1.82) is 0 Å². The Morgan fingerprint density at radius 1 is 1.14 bits per heavy atom. The molecule has 0 heterocycles. The Bertz CT molecular complexity index is 432. The van der Waals surface area contributed by atoms with E-state index in [0.29, 0.717) is 19.6 Å². The van der Waals surface area contributed by atoms with E-state index in [1.165, 1.54) is 5.56 Å². The van der Waals surface area contributed by atoms with Crippen molar-refractivity contribution in [2.24, 2.45) is 5.41 Å². The van der Waals surface area contributed by atoms with Crippen LogP contribution in [0.25, 0.3) is 0 Å². The van der Waals surface area contributed by atoms with Gasteiger partial charge in [-0.25, -0.2) is 9.78 Å². The van der Waals surface area contributed by atoms with E-state index in [1.54, 1.807) is 6.92 Å². The molecule has 118 valence electrons. The van der Waals surface area contributed by atoms with Gasteiger partial charge in [-0.2, -0.15) is 0 Å². The highest BCUT2D eigenvalue weighted by Crippen LogP contribution is 2.27. The van der Waals surface area contributed by atoms with Crippen molar-refractivity contribution >= 4 is 21.9 Å². The van der Waals surface area contributed by atoms with Crippen LogP contribution in [-0.4, -0.2) is 25.8 Å². The van der Waals surface area contributed by atoms with Crippen molar-refractivity contribution in [3.8, 4) is 0 Å². The second-order valence-electron chi connectivity index (χ2n) is 5.08. The van der Waals surface area contributed by atoms with E-state index in [2.05, 4.69) is 15.9 Å². The van der Waals surface area contributed by atoms with Crippen LogP contribution in [0.3, 0.4) is 0 Å². The van der Waals surface area contributed by atoms with Gasteiger partial charge in [0.15, 0.2) is 0 Å². The topological polar surface area (TPSA) is 44.8 Å². The summed E-state index contributed by atoms with van der Waals surface area (Å²) in [6.07, 6.45) is 1.42. The first-order valence-electron chi connectivity index (χ1n) is 7.18. The van der Waals surface area contributed by atoms with Crippen LogP contribution in [0.2, 0.25) is 0 Å². The van der Waals surface area contributed by atoms with Crippen molar-refractivity contribution < 1.29 is 19.3 Å². The summed E-state index contributed by atoms with van der Waals surface area (Å²) in [6.45, 7) is 6.49. The number of carbonyl (C=O) groups is 1. The molecule has 0 saturated heterocycles. The van der Waals surface area contributed by atoms with Crippen molar-refractivity contribution in [3.05, 3.63) is 34.3 Å². The van der Waals surface area contributed by atoms with Gasteiger partial charge in [0, 0.05) is 4.47 Å². The minimum atomic E-state index is -0.710. The standard InChI is InChI=1S/C16H23BrO4/c1-4-19-15(18)16(3,12-21-20-5-2)11-10-13-6-8-14(17)9-7-13/h6-9H,4-5,10-12H2,1-3H3. The number of rotatable bonds is 9. The number of hydrogen-bond acceptors (Lipinski definition) is 4. The number of carbonyl (C=O) groups excluding carboxylic acids is 1. The molecule has 0 spiro atoms. The monoisotopic (exact) mass is 358 g/mol. The lowest BCUT2D eigenvalue weighted by Crippen LogP contribution is -2.35. The fraction of sp³-hybridized carbons (Fsp3) is 0.562. The molecule has 1 rings (SSSR count). The molecule has 0 radical (unpaired) electrons. The molecule has 0 bridgehead atoms. The number of hydrogen-bond donors (Lipinski definition) is 0. The van der Waals surface area contributed by atoms with Gasteiger partial charge in [0.2, 0.25) is 0 Å². The Labute approximate surface area is 134 Å². The van der Waals surface area contributed by atoms with Gasteiger partial charge in [-0.15, -0.1) is 0 Å². The SMILES string of the molecule is CCOOCC(C)(CCc1ccc(Br)cc1)C(=O)OCC. The van der Waals surface area contributed by atoms with Gasteiger partial charge in [0.1, 0.15) is 0 Å². The zero-order valence-corrected chi connectivity index (χ0v) is 14.4. The van der Waals surface area contributed by atoms with Crippen LogP contribution in [0.15, 0.2) is 28.7 Å². The van der Waals surface area contributed by atoms with Crippen LogP contribution in [0, 0.1) is 5.41 Å².